The number of cyclic esters (lactones) is 1. The summed E-state index contributed by atoms with van der Waals surface area (Å²) in [5, 5.41) is 3.81. The van der Waals surface area contributed by atoms with Crippen molar-refractivity contribution in [2.45, 2.75) is 52.1 Å². The number of rotatable bonds is 4. The molecule has 0 N–H and O–H groups in total. The zero-order chi connectivity index (χ0) is 17.3. The Labute approximate surface area is 141 Å². The minimum Gasteiger partial charge on any atom is -0.447 e. The topological polar surface area (TPSA) is 75.9 Å². The number of likely N-dealkylation sites (tertiary alicyclic amines) is 1. The predicted molar refractivity (Wildman–Crippen MR) is 86.4 cm³/mol. The molecule has 0 bridgehead atoms. The first-order valence-corrected chi connectivity index (χ1v) is 8.60. The number of amides is 2. The fraction of sp³-hybridized carbons (Fsp3) is 0.706. The number of carbonyl (C=O) groups is 2. The standard InChI is InChI=1S/C17H25N3O4/c1-11(2)15-10-23-17(22)20(15)13-4-6-19(7-5-13)16(21)9-14-8-12(3)18-24-14/h8,11,13,15H,4-7,9-10H2,1-3H3. The lowest BCUT2D eigenvalue weighted by molar-refractivity contribution is -0.132. The Morgan fingerprint density at radius 3 is 2.67 bits per heavy atom. The molecule has 132 valence electrons. The van der Waals surface area contributed by atoms with E-state index in [-0.39, 0.29) is 30.5 Å². The second-order valence-corrected chi connectivity index (χ2v) is 7.02. The highest BCUT2D eigenvalue weighted by molar-refractivity contribution is 5.78. The van der Waals surface area contributed by atoms with Crippen molar-refractivity contribution >= 4 is 12.0 Å². The largest absolute Gasteiger partial charge is 0.447 e. The Bertz CT molecular complexity index is 605. The Kier molecular flexibility index (Phi) is 4.78. The van der Waals surface area contributed by atoms with Gasteiger partial charge in [-0.25, -0.2) is 4.79 Å². The Morgan fingerprint density at radius 2 is 2.08 bits per heavy atom. The van der Waals surface area contributed by atoms with Crippen molar-refractivity contribution in [3.63, 3.8) is 0 Å². The van der Waals surface area contributed by atoms with Gasteiger partial charge in [-0.3, -0.25) is 9.69 Å². The molecule has 2 aliphatic heterocycles. The molecule has 2 fully saturated rings. The number of aromatic nitrogens is 1. The third kappa shape index (κ3) is 3.39. The molecule has 3 heterocycles. The fourth-order valence-corrected chi connectivity index (χ4v) is 3.53. The third-order valence-electron chi connectivity index (χ3n) is 4.93. The summed E-state index contributed by atoms with van der Waals surface area (Å²) < 4.78 is 10.4. The molecule has 2 aliphatic rings. The van der Waals surface area contributed by atoms with Crippen LogP contribution in [0.25, 0.3) is 0 Å². The van der Waals surface area contributed by atoms with E-state index < -0.39 is 0 Å². The maximum atomic E-state index is 12.4. The van der Waals surface area contributed by atoms with Crippen molar-refractivity contribution in [3.05, 3.63) is 17.5 Å². The molecule has 0 spiro atoms. The summed E-state index contributed by atoms with van der Waals surface area (Å²) in [7, 11) is 0. The van der Waals surface area contributed by atoms with Gasteiger partial charge in [0.05, 0.1) is 18.2 Å². The molecule has 1 aromatic rings. The summed E-state index contributed by atoms with van der Waals surface area (Å²) in [4.78, 5) is 28.2. The first-order valence-electron chi connectivity index (χ1n) is 8.60. The average molecular weight is 335 g/mol. The molecular weight excluding hydrogens is 310 g/mol. The van der Waals surface area contributed by atoms with Crippen LogP contribution in [0.15, 0.2) is 10.6 Å². The number of carbonyl (C=O) groups excluding carboxylic acids is 2. The van der Waals surface area contributed by atoms with Gasteiger partial charge in [0.1, 0.15) is 12.4 Å². The van der Waals surface area contributed by atoms with Crippen LogP contribution in [0, 0.1) is 12.8 Å². The Hall–Kier alpha value is -2.05. The lowest BCUT2D eigenvalue weighted by atomic mass is 9.97. The summed E-state index contributed by atoms with van der Waals surface area (Å²) in [5.41, 5.74) is 0.781. The summed E-state index contributed by atoms with van der Waals surface area (Å²) in [6.07, 6.45) is 1.61. The van der Waals surface area contributed by atoms with Crippen LogP contribution in [0.4, 0.5) is 4.79 Å². The highest BCUT2D eigenvalue weighted by atomic mass is 16.6. The molecule has 1 atom stereocenters. The first kappa shape index (κ1) is 16.8. The zero-order valence-corrected chi connectivity index (χ0v) is 14.5. The van der Waals surface area contributed by atoms with E-state index >= 15 is 0 Å². The van der Waals surface area contributed by atoms with Crippen LogP contribution in [-0.2, 0) is 16.0 Å². The van der Waals surface area contributed by atoms with Gasteiger partial charge in [-0.2, -0.15) is 0 Å². The molecule has 3 rings (SSSR count). The SMILES string of the molecule is Cc1cc(CC(=O)N2CCC(N3C(=O)OCC3C(C)C)CC2)on1. The number of aryl methyl sites for hydroxylation is 1. The van der Waals surface area contributed by atoms with E-state index in [1.165, 1.54) is 0 Å². The van der Waals surface area contributed by atoms with Gasteiger partial charge in [0.15, 0.2) is 0 Å². The van der Waals surface area contributed by atoms with Gasteiger partial charge < -0.3 is 14.2 Å². The molecule has 0 radical (unpaired) electrons. The average Bonchev–Trinajstić information content (AvgIpc) is 3.13. The van der Waals surface area contributed by atoms with Gasteiger partial charge in [-0.05, 0) is 25.7 Å². The van der Waals surface area contributed by atoms with Gasteiger partial charge in [-0.15, -0.1) is 0 Å². The number of ether oxygens (including phenoxy) is 1. The highest BCUT2D eigenvalue weighted by Crippen LogP contribution is 2.27. The zero-order valence-electron chi connectivity index (χ0n) is 14.5. The minimum absolute atomic E-state index is 0.0500. The molecule has 7 nitrogen and oxygen atoms in total. The van der Waals surface area contributed by atoms with E-state index in [2.05, 4.69) is 19.0 Å². The van der Waals surface area contributed by atoms with Crippen LogP contribution >= 0.6 is 0 Å². The first-order chi connectivity index (χ1) is 11.5. The van der Waals surface area contributed by atoms with E-state index in [1.807, 2.05) is 16.7 Å². The molecule has 2 saturated heterocycles. The van der Waals surface area contributed by atoms with Crippen molar-refractivity contribution in [2.24, 2.45) is 5.92 Å². The molecule has 1 unspecified atom stereocenters. The number of nitrogens with zero attached hydrogens (tertiary/aromatic N) is 3. The normalized spacial score (nSPS) is 22.3. The van der Waals surface area contributed by atoms with E-state index in [1.54, 1.807) is 6.07 Å². The van der Waals surface area contributed by atoms with Crippen LogP contribution in [-0.4, -0.2) is 58.7 Å². The van der Waals surface area contributed by atoms with E-state index in [4.69, 9.17) is 9.26 Å². The van der Waals surface area contributed by atoms with E-state index in [0.29, 0.717) is 31.4 Å². The second-order valence-electron chi connectivity index (χ2n) is 7.02. The van der Waals surface area contributed by atoms with Gasteiger partial charge in [0.2, 0.25) is 5.91 Å². The quantitative estimate of drug-likeness (QED) is 0.841. The van der Waals surface area contributed by atoms with E-state index in [0.717, 1.165) is 18.5 Å². The predicted octanol–water partition coefficient (Wildman–Crippen LogP) is 1.99. The van der Waals surface area contributed by atoms with Gasteiger partial charge in [0.25, 0.3) is 0 Å². The molecular formula is C17H25N3O4. The molecule has 0 aromatic carbocycles. The van der Waals surface area contributed by atoms with Crippen molar-refractivity contribution in [1.29, 1.82) is 0 Å². The summed E-state index contributed by atoms with van der Waals surface area (Å²) >= 11 is 0. The van der Waals surface area contributed by atoms with Crippen molar-refractivity contribution in [3.8, 4) is 0 Å². The lowest BCUT2D eigenvalue weighted by Crippen LogP contribution is -2.51. The number of hydrogen-bond donors (Lipinski definition) is 0. The van der Waals surface area contributed by atoms with Gasteiger partial charge >= 0.3 is 6.09 Å². The maximum Gasteiger partial charge on any atom is 0.410 e. The monoisotopic (exact) mass is 335 g/mol. The second kappa shape index (κ2) is 6.83. The summed E-state index contributed by atoms with van der Waals surface area (Å²) in [6.45, 7) is 7.84. The third-order valence-corrected chi connectivity index (χ3v) is 4.93. The highest BCUT2D eigenvalue weighted by Gasteiger charge is 2.41. The minimum atomic E-state index is -0.212. The molecule has 0 saturated carbocycles. The fourth-order valence-electron chi connectivity index (χ4n) is 3.53. The van der Waals surface area contributed by atoms with Crippen molar-refractivity contribution in [2.75, 3.05) is 19.7 Å². The van der Waals surface area contributed by atoms with Gasteiger partial charge in [-0.1, -0.05) is 19.0 Å². The van der Waals surface area contributed by atoms with Crippen LogP contribution in [0.5, 0.6) is 0 Å². The lowest BCUT2D eigenvalue weighted by Gasteiger charge is -2.38. The van der Waals surface area contributed by atoms with Crippen molar-refractivity contribution < 1.29 is 18.8 Å². The number of piperidine rings is 1. The number of hydrogen-bond acceptors (Lipinski definition) is 5. The van der Waals surface area contributed by atoms with E-state index in [9.17, 15) is 9.59 Å². The Morgan fingerprint density at radius 1 is 1.38 bits per heavy atom. The van der Waals surface area contributed by atoms with Crippen LogP contribution in [0.3, 0.4) is 0 Å². The summed E-state index contributed by atoms with van der Waals surface area (Å²) in [6, 6.07) is 2.09. The van der Waals surface area contributed by atoms with Gasteiger partial charge in [0, 0.05) is 25.2 Å². The van der Waals surface area contributed by atoms with Crippen LogP contribution in [0.2, 0.25) is 0 Å². The molecule has 0 aliphatic carbocycles. The van der Waals surface area contributed by atoms with Crippen LogP contribution in [0.1, 0.15) is 38.1 Å². The molecule has 7 heteroatoms. The molecule has 24 heavy (non-hydrogen) atoms. The maximum absolute atomic E-state index is 12.4. The molecule has 1 aromatic heterocycles. The smallest absolute Gasteiger partial charge is 0.410 e. The summed E-state index contributed by atoms with van der Waals surface area (Å²) in [5.74, 6) is 1.02. The Balaban J connectivity index is 1.55. The van der Waals surface area contributed by atoms with Crippen molar-refractivity contribution in [1.82, 2.24) is 15.0 Å². The van der Waals surface area contributed by atoms with Crippen LogP contribution < -0.4 is 0 Å². The molecule has 2 amide bonds.